The number of benzene rings is 2. The van der Waals surface area contributed by atoms with Crippen LogP contribution in [0.1, 0.15) is 30.1 Å². The van der Waals surface area contributed by atoms with Gasteiger partial charge < -0.3 is 9.47 Å². The van der Waals surface area contributed by atoms with Crippen molar-refractivity contribution in [1.82, 2.24) is 16.2 Å². The Hall–Kier alpha value is -2.17. The van der Waals surface area contributed by atoms with Gasteiger partial charge in [-0.05, 0) is 61.1 Å². The number of ether oxygens (including phenoxy) is 2. The molecule has 3 N–H and O–H groups in total. The molecular weight excluding hydrogens is 538 g/mol. The Morgan fingerprint density at radius 3 is 2.40 bits per heavy atom. The number of rotatable bonds is 8. The fraction of sp³-hybridized carbons (Fsp3) is 0.250. The molecule has 0 aromatic heterocycles. The van der Waals surface area contributed by atoms with Gasteiger partial charge >= 0.3 is 0 Å². The highest BCUT2D eigenvalue weighted by atomic mass is 79.9. The maximum atomic E-state index is 12.6. The van der Waals surface area contributed by atoms with Crippen molar-refractivity contribution in [2.45, 2.75) is 19.8 Å². The molecule has 0 fully saturated rings. The van der Waals surface area contributed by atoms with Crippen molar-refractivity contribution in [2.75, 3.05) is 13.2 Å². The zero-order valence-electron chi connectivity index (χ0n) is 16.2. The van der Waals surface area contributed by atoms with Crippen molar-refractivity contribution < 1.29 is 19.1 Å². The van der Waals surface area contributed by atoms with E-state index >= 15 is 0 Å². The number of nitrogens with one attached hydrogen (secondary N) is 3. The van der Waals surface area contributed by atoms with Crippen LogP contribution in [0.2, 0.25) is 0 Å². The molecule has 0 radical (unpaired) electrons. The van der Waals surface area contributed by atoms with Crippen LogP contribution in [0.3, 0.4) is 0 Å². The standard InChI is InChI=1S/C20H21Br2N3O4S/c1-2-3-10-28-17-9-6-14(22)11-16(17)19(27)23-20(30)25-24-18(26)12-29-15-7-4-13(21)5-8-15/h4-9,11H,2-3,10,12H2,1H3,(H,24,26)(H2,23,25,27,30). The minimum atomic E-state index is -0.458. The van der Waals surface area contributed by atoms with E-state index in [4.69, 9.17) is 21.7 Å². The van der Waals surface area contributed by atoms with Crippen molar-refractivity contribution in [2.24, 2.45) is 0 Å². The second-order valence-electron chi connectivity index (χ2n) is 6.04. The molecule has 0 unspecified atom stereocenters. The van der Waals surface area contributed by atoms with Gasteiger partial charge in [-0.1, -0.05) is 45.2 Å². The predicted molar refractivity (Wildman–Crippen MR) is 126 cm³/mol. The molecule has 2 aromatic carbocycles. The number of hydrogen-bond acceptors (Lipinski definition) is 5. The summed E-state index contributed by atoms with van der Waals surface area (Å²) in [6, 6.07) is 12.2. The molecule has 160 valence electrons. The van der Waals surface area contributed by atoms with Gasteiger partial charge in [0.1, 0.15) is 11.5 Å². The Bertz CT molecular complexity index is 894. The van der Waals surface area contributed by atoms with Crippen molar-refractivity contribution in [3.05, 3.63) is 57.0 Å². The number of carbonyl (C=O) groups excluding carboxylic acids is 2. The van der Waals surface area contributed by atoms with Crippen LogP contribution in [-0.2, 0) is 4.79 Å². The Kier molecular flexibility index (Phi) is 10.0. The van der Waals surface area contributed by atoms with Gasteiger partial charge in [0.25, 0.3) is 11.8 Å². The van der Waals surface area contributed by atoms with E-state index < -0.39 is 11.8 Å². The molecule has 0 aliphatic rings. The molecule has 2 aromatic rings. The summed E-state index contributed by atoms with van der Waals surface area (Å²) in [5, 5.41) is 2.45. The lowest BCUT2D eigenvalue weighted by Gasteiger charge is -2.14. The van der Waals surface area contributed by atoms with Gasteiger partial charge in [-0.25, -0.2) is 0 Å². The van der Waals surface area contributed by atoms with E-state index in [-0.39, 0.29) is 11.7 Å². The summed E-state index contributed by atoms with van der Waals surface area (Å²) >= 11 is 11.7. The van der Waals surface area contributed by atoms with E-state index in [2.05, 4.69) is 55.0 Å². The van der Waals surface area contributed by atoms with Crippen LogP contribution in [0.5, 0.6) is 11.5 Å². The van der Waals surface area contributed by atoms with Crippen LogP contribution in [0.4, 0.5) is 0 Å². The van der Waals surface area contributed by atoms with Crippen LogP contribution < -0.4 is 25.6 Å². The molecule has 0 atom stereocenters. The van der Waals surface area contributed by atoms with Crippen LogP contribution in [0, 0.1) is 0 Å². The number of hydrazine groups is 1. The molecule has 0 heterocycles. The first-order valence-electron chi connectivity index (χ1n) is 9.10. The summed E-state index contributed by atoms with van der Waals surface area (Å²) in [6.07, 6.45) is 1.86. The molecule has 0 aliphatic carbocycles. The molecule has 7 nitrogen and oxygen atoms in total. The Morgan fingerprint density at radius 1 is 1.00 bits per heavy atom. The van der Waals surface area contributed by atoms with Crippen LogP contribution in [-0.4, -0.2) is 30.1 Å². The molecule has 0 spiro atoms. The Balaban J connectivity index is 1.82. The molecule has 10 heteroatoms. The average Bonchev–Trinajstić information content (AvgIpc) is 2.73. The lowest BCUT2D eigenvalue weighted by Crippen LogP contribution is -2.49. The third-order valence-corrected chi connectivity index (χ3v) is 4.89. The fourth-order valence-corrected chi connectivity index (χ4v) is 2.95. The summed E-state index contributed by atoms with van der Waals surface area (Å²) in [5.74, 6) is 0.0922. The highest BCUT2D eigenvalue weighted by Crippen LogP contribution is 2.23. The molecule has 2 amide bonds. The first-order valence-corrected chi connectivity index (χ1v) is 11.1. The summed E-state index contributed by atoms with van der Waals surface area (Å²) in [7, 11) is 0. The summed E-state index contributed by atoms with van der Waals surface area (Å²) in [6.45, 7) is 2.35. The van der Waals surface area contributed by atoms with E-state index in [1.54, 1.807) is 42.5 Å². The summed E-state index contributed by atoms with van der Waals surface area (Å²) in [4.78, 5) is 24.4. The van der Waals surface area contributed by atoms with Gasteiger partial charge in [0, 0.05) is 8.95 Å². The van der Waals surface area contributed by atoms with E-state index in [0.717, 1.165) is 21.8 Å². The largest absolute Gasteiger partial charge is 0.493 e. The smallest absolute Gasteiger partial charge is 0.276 e. The first-order chi connectivity index (χ1) is 14.4. The van der Waals surface area contributed by atoms with E-state index in [9.17, 15) is 9.59 Å². The minimum Gasteiger partial charge on any atom is -0.493 e. The van der Waals surface area contributed by atoms with Gasteiger partial charge in [0.15, 0.2) is 11.7 Å². The third-order valence-electron chi connectivity index (χ3n) is 3.67. The number of hydrogen-bond donors (Lipinski definition) is 3. The normalized spacial score (nSPS) is 10.1. The number of halogens is 2. The summed E-state index contributed by atoms with van der Waals surface area (Å²) in [5.41, 5.74) is 5.17. The van der Waals surface area contributed by atoms with Gasteiger partial charge in [0.2, 0.25) is 0 Å². The first kappa shape index (κ1) is 24.1. The van der Waals surface area contributed by atoms with Crippen molar-refractivity contribution in [3.63, 3.8) is 0 Å². The lowest BCUT2D eigenvalue weighted by atomic mass is 10.2. The van der Waals surface area contributed by atoms with Crippen molar-refractivity contribution in [1.29, 1.82) is 0 Å². The second-order valence-corrected chi connectivity index (χ2v) is 8.28. The van der Waals surface area contributed by atoms with Crippen LogP contribution in [0.25, 0.3) is 0 Å². The van der Waals surface area contributed by atoms with Crippen molar-refractivity contribution in [3.8, 4) is 11.5 Å². The molecule has 0 bridgehead atoms. The van der Waals surface area contributed by atoms with Gasteiger partial charge in [-0.15, -0.1) is 0 Å². The maximum Gasteiger partial charge on any atom is 0.276 e. The minimum absolute atomic E-state index is 0.0588. The fourth-order valence-electron chi connectivity index (χ4n) is 2.18. The SMILES string of the molecule is CCCCOc1ccc(Br)cc1C(=O)NC(=S)NNC(=O)COc1ccc(Br)cc1. The van der Waals surface area contributed by atoms with E-state index in [0.29, 0.717) is 23.7 Å². The van der Waals surface area contributed by atoms with E-state index in [1.165, 1.54) is 0 Å². The maximum absolute atomic E-state index is 12.6. The molecule has 2 rings (SSSR count). The highest BCUT2D eigenvalue weighted by Gasteiger charge is 2.15. The van der Waals surface area contributed by atoms with Crippen molar-refractivity contribution >= 4 is 61.0 Å². The highest BCUT2D eigenvalue weighted by molar-refractivity contribution is 9.10. The topological polar surface area (TPSA) is 88.7 Å². The van der Waals surface area contributed by atoms with Crippen LogP contribution in [0.15, 0.2) is 51.4 Å². The quantitative estimate of drug-likeness (QED) is 0.257. The third kappa shape index (κ3) is 8.29. The molecular formula is C20H21Br2N3O4S. The monoisotopic (exact) mass is 557 g/mol. The van der Waals surface area contributed by atoms with Gasteiger partial charge in [-0.3, -0.25) is 25.8 Å². The zero-order valence-corrected chi connectivity index (χ0v) is 20.2. The number of amides is 2. The van der Waals surface area contributed by atoms with Gasteiger partial charge in [-0.2, -0.15) is 0 Å². The number of thiocarbonyl (C=S) groups is 1. The molecule has 0 saturated carbocycles. The lowest BCUT2D eigenvalue weighted by molar-refractivity contribution is -0.123. The zero-order chi connectivity index (χ0) is 21.9. The number of unbranched alkanes of at least 4 members (excludes halogenated alkanes) is 1. The summed E-state index contributed by atoms with van der Waals surface area (Å²) < 4.78 is 12.7. The van der Waals surface area contributed by atoms with Gasteiger partial charge in [0.05, 0.1) is 12.2 Å². The average molecular weight is 559 g/mol. The predicted octanol–water partition coefficient (Wildman–Crippen LogP) is 4.11. The second kappa shape index (κ2) is 12.5. The Labute approximate surface area is 197 Å². The number of carbonyl (C=O) groups is 2. The molecule has 0 saturated heterocycles. The van der Waals surface area contributed by atoms with Crippen LogP contribution >= 0.6 is 44.1 Å². The van der Waals surface area contributed by atoms with E-state index in [1.807, 2.05) is 0 Å². The Morgan fingerprint density at radius 2 is 1.70 bits per heavy atom. The molecule has 30 heavy (non-hydrogen) atoms. The molecule has 0 aliphatic heterocycles.